The smallest absolute Gasteiger partial charge is 0.0170 e. The fraction of sp³-hybridized carbons (Fsp3) is 0.750. The van der Waals surface area contributed by atoms with Gasteiger partial charge in [0.25, 0.3) is 0 Å². The lowest BCUT2D eigenvalue weighted by molar-refractivity contribution is 0.278. The fourth-order valence-electron chi connectivity index (χ4n) is 8.00. The highest BCUT2D eigenvalue weighted by Crippen LogP contribution is 2.40. The second-order valence-electron chi connectivity index (χ2n) is 16.5. The van der Waals surface area contributed by atoms with Crippen molar-refractivity contribution >= 4 is 0 Å². The van der Waals surface area contributed by atoms with Crippen molar-refractivity contribution < 1.29 is 0 Å². The van der Waals surface area contributed by atoms with Crippen LogP contribution in [-0.2, 0) is 0 Å². The van der Waals surface area contributed by atoms with Crippen LogP contribution >= 0.6 is 0 Å². The SMILES string of the molecule is C=CCCC.C=CCCCCCCC(CC(CCC)CC(CC(C=C)C1CCCCC1)=C(C)CC(CCC)CCC(C)(C)C=C)C(=C)C. The molecule has 0 aromatic rings. The summed E-state index contributed by atoms with van der Waals surface area (Å²) in [5, 5.41) is 0. The van der Waals surface area contributed by atoms with Crippen molar-refractivity contribution in [1.82, 2.24) is 0 Å². The molecule has 1 aliphatic carbocycles. The third-order valence-corrected chi connectivity index (χ3v) is 11.4. The Labute approximate surface area is 304 Å². The number of hydrogen-bond donors (Lipinski definition) is 0. The number of rotatable bonds is 28. The van der Waals surface area contributed by atoms with Gasteiger partial charge in [0.2, 0.25) is 0 Å². The third-order valence-electron chi connectivity index (χ3n) is 11.4. The van der Waals surface area contributed by atoms with Gasteiger partial charge in [0, 0.05) is 0 Å². The molecular formula is C48H86. The monoisotopic (exact) mass is 663 g/mol. The van der Waals surface area contributed by atoms with Crippen LogP contribution in [0.5, 0.6) is 0 Å². The summed E-state index contributed by atoms with van der Waals surface area (Å²) in [4.78, 5) is 0. The summed E-state index contributed by atoms with van der Waals surface area (Å²) in [6.07, 6.45) is 38.7. The quantitative estimate of drug-likeness (QED) is 0.0578. The van der Waals surface area contributed by atoms with Crippen LogP contribution in [0.15, 0.2) is 73.9 Å². The van der Waals surface area contributed by atoms with Crippen molar-refractivity contribution in [2.45, 2.75) is 196 Å². The Kier molecular flexibility index (Phi) is 28.2. The van der Waals surface area contributed by atoms with Crippen LogP contribution in [0.2, 0.25) is 0 Å². The van der Waals surface area contributed by atoms with E-state index in [0.717, 1.165) is 30.6 Å². The maximum Gasteiger partial charge on any atom is -0.0170 e. The zero-order valence-electron chi connectivity index (χ0n) is 34.0. The Morgan fingerprint density at radius 3 is 1.85 bits per heavy atom. The van der Waals surface area contributed by atoms with E-state index in [9.17, 15) is 0 Å². The molecule has 1 saturated carbocycles. The molecule has 0 bridgehead atoms. The van der Waals surface area contributed by atoms with Gasteiger partial charge in [-0.25, -0.2) is 0 Å². The zero-order chi connectivity index (χ0) is 36.2. The standard InChI is InChI=1S/C43H76.C5H10/c1-11-16-17-18-19-21-28-41(35(6)7)32-38(25-13-3)33-42(34-39(14-4)40-26-22-20-23-27-40)36(8)31-37(24-12-2)29-30-43(9,10)15-5;1-3-5-4-2/h11,14-15,37-41H,1,4-6,12-13,16-34H2,2-3,7-10H3;3H,1,4-5H2,2H3. The van der Waals surface area contributed by atoms with Crippen LogP contribution in [0.25, 0.3) is 0 Å². The molecule has 4 atom stereocenters. The molecule has 1 fully saturated rings. The minimum Gasteiger partial charge on any atom is -0.103 e. The first-order valence-corrected chi connectivity index (χ1v) is 20.8. The summed E-state index contributed by atoms with van der Waals surface area (Å²) < 4.78 is 0. The molecule has 4 unspecified atom stereocenters. The lowest BCUT2D eigenvalue weighted by atomic mass is 9.73. The van der Waals surface area contributed by atoms with Gasteiger partial charge < -0.3 is 0 Å². The maximum atomic E-state index is 4.50. The molecule has 0 radical (unpaired) electrons. The molecular weight excluding hydrogens is 577 g/mol. The van der Waals surface area contributed by atoms with Crippen LogP contribution in [0.3, 0.4) is 0 Å². The average molecular weight is 663 g/mol. The molecule has 0 N–H and O–H groups in total. The zero-order valence-corrected chi connectivity index (χ0v) is 34.0. The summed E-state index contributed by atoms with van der Waals surface area (Å²) in [5.41, 5.74) is 5.15. The average Bonchev–Trinajstić information content (AvgIpc) is 3.07. The van der Waals surface area contributed by atoms with Crippen molar-refractivity contribution in [3.8, 4) is 0 Å². The van der Waals surface area contributed by atoms with E-state index in [4.69, 9.17) is 0 Å². The van der Waals surface area contributed by atoms with Crippen molar-refractivity contribution in [1.29, 1.82) is 0 Å². The third kappa shape index (κ3) is 22.2. The fourth-order valence-corrected chi connectivity index (χ4v) is 8.00. The van der Waals surface area contributed by atoms with Crippen molar-refractivity contribution in [3.63, 3.8) is 0 Å². The summed E-state index contributed by atoms with van der Waals surface area (Å²) in [6.45, 7) is 36.9. The van der Waals surface area contributed by atoms with Gasteiger partial charge in [0.1, 0.15) is 0 Å². The van der Waals surface area contributed by atoms with E-state index >= 15 is 0 Å². The Morgan fingerprint density at radius 2 is 1.33 bits per heavy atom. The van der Waals surface area contributed by atoms with Crippen LogP contribution in [-0.4, -0.2) is 0 Å². The first-order valence-electron chi connectivity index (χ1n) is 20.8. The van der Waals surface area contributed by atoms with E-state index in [-0.39, 0.29) is 5.41 Å². The van der Waals surface area contributed by atoms with E-state index in [1.165, 1.54) is 140 Å². The number of allylic oxidation sites excluding steroid dienone is 7. The summed E-state index contributed by atoms with van der Waals surface area (Å²) in [6, 6.07) is 0. The molecule has 0 amide bonds. The highest BCUT2D eigenvalue weighted by atomic mass is 14.3. The molecule has 0 aliphatic heterocycles. The van der Waals surface area contributed by atoms with Gasteiger partial charge in [-0.2, -0.15) is 0 Å². The van der Waals surface area contributed by atoms with Gasteiger partial charge in [-0.05, 0) is 126 Å². The normalized spacial score (nSPS) is 16.8. The first-order chi connectivity index (χ1) is 23.0. The van der Waals surface area contributed by atoms with Crippen LogP contribution in [0.4, 0.5) is 0 Å². The van der Waals surface area contributed by atoms with E-state index in [1.54, 1.807) is 11.1 Å². The maximum absolute atomic E-state index is 4.50. The molecule has 1 aliphatic rings. The van der Waals surface area contributed by atoms with Crippen LogP contribution in [0.1, 0.15) is 196 Å². The highest BCUT2D eigenvalue weighted by Gasteiger charge is 2.26. The second-order valence-corrected chi connectivity index (χ2v) is 16.5. The topological polar surface area (TPSA) is 0 Å². The van der Waals surface area contributed by atoms with E-state index in [0.29, 0.717) is 11.8 Å². The summed E-state index contributed by atoms with van der Waals surface area (Å²) >= 11 is 0. The van der Waals surface area contributed by atoms with E-state index in [2.05, 4.69) is 99.6 Å². The Hall–Kier alpha value is -1.56. The Morgan fingerprint density at radius 1 is 0.708 bits per heavy atom. The van der Waals surface area contributed by atoms with Gasteiger partial charge in [-0.3, -0.25) is 0 Å². The predicted octanol–water partition coefficient (Wildman–Crippen LogP) is 16.8. The minimum atomic E-state index is 0.233. The number of hydrogen-bond acceptors (Lipinski definition) is 0. The molecule has 0 heteroatoms. The highest BCUT2D eigenvalue weighted by molar-refractivity contribution is 5.16. The van der Waals surface area contributed by atoms with Gasteiger partial charge in [0.05, 0.1) is 0 Å². The molecule has 0 saturated heterocycles. The van der Waals surface area contributed by atoms with Crippen LogP contribution < -0.4 is 0 Å². The molecule has 48 heavy (non-hydrogen) atoms. The summed E-state index contributed by atoms with van der Waals surface area (Å²) in [7, 11) is 0. The largest absolute Gasteiger partial charge is 0.103 e. The molecule has 278 valence electrons. The van der Waals surface area contributed by atoms with Gasteiger partial charge >= 0.3 is 0 Å². The van der Waals surface area contributed by atoms with E-state index < -0.39 is 0 Å². The summed E-state index contributed by atoms with van der Waals surface area (Å²) in [5.74, 6) is 3.69. The van der Waals surface area contributed by atoms with Crippen molar-refractivity contribution in [2.24, 2.45) is 35.0 Å². The Bertz CT molecular complexity index is 874. The molecule has 1 rings (SSSR count). The predicted molar refractivity (Wildman–Crippen MR) is 223 cm³/mol. The first kappa shape index (κ1) is 46.4. The van der Waals surface area contributed by atoms with Gasteiger partial charge in [-0.15, -0.1) is 26.3 Å². The van der Waals surface area contributed by atoms with Gasteiger partial charge in [0.15, 0.2) is 0 Å². The lowest BCUT2D eigenvalue weighted by Crippen LogP contribution is -2.19. The second kappa shape index (κ2) is 29.2. The lowest BCUT2D eigenvalue weighted by Gasteiger charge is -2.32. The number of unbranched alkanes of at least 4 members (excludes halogenated alkanes) is 5. The molecule has 0 aromatic heterocycles. The van der Waals surface area contributed by atoms with Crippen molar-refractivity contribution in [2.75, 3.05) is 0 Å². The Balaban J connectivity index is 0.00000409. The molecule has 0 aromatic carbocycles. The molecule has 0 nitrogen and oxygen atoms in total. The van der Waals surface area contributed by atoms with Crippen LogP contribution in [0, 0.1) is 35.0 Å². The molecule has 0 spiro atoms. The van der Waals surface area contributed by atoms with Crippen molar-refractivity contribution in [3.05, 3.63) is 73.9 Å². The minimum absolute atomic E-state index is 0.233. The van der Waals surface area contributed by atoms with Gasteiger partial charge in [-0.1, -0.05) is 153 Å². The van der Waals surface area contributed by atoms with E-state index in [1.807, 2.05) is 6.08 Å². The molecule has 0 heterocycles.